The van der Waals surface area contributed by atoms with E-state index in [0.717, 1.165) is 25.5 Å². The molecule has 3 unspecified atom stereocenters. The summed E-state index contributed by atoms with van der Waals surface area (Å²) in [5.74, 6) is -0.0698. The lowest BCUT2D eigenvalue weighted by atomic mass is 9.90. The summed E-state index contributed by atoms with van der Waals surface area (Å²) in [6, 6.07) is 0. The molecule has 0 aliphatic heterocycles. The van der Waals surface area contributed by atoms with Crippen LogP contribution in [0.5, 0.6) is 0 Å². The molecule has 0 aromatic heterocycles. The molecule has 0 aromatic carbocycles. The monoisotopic (exact) mass is 187 g/mol. The van der Waals surface area contributed by atoms with Crippen molar-refractivity contribution in [1.29, 1.82) is 0 Å². The molecule has 0 aliphatic carbocycles. The molecule has 0 fully saturated rings. The first-order valence-corrected chi connectivity index (χ1v) is 4.97. The quantitative estimate of drug-likeness (QED) is 0.460. The minimum Gasteiger partial charge on any atom is -0.392 e. The molecule has 3 atom stereocenters. The van der Waals surface area contributed by atoms with Gasteiger partial charge >= 0.3 is 0 Å². The van der Waals surface area contributed by atoms with E-state index in [1.165, 1.54) is 0 Å². The molecule has 0 heterocycles. The summed E-state index contributed by atoms with van der Waals surface area (Å²) in [4.78, 5) is 10.4. The van der Waals surface area contributed by atoms with Crippen LogP contribution < -0.4 is 5.73 Å². The second-order valence-electron chi connectivity index (χ2n) is 3.75. The molecule has 0 aliphatic rings. The van der Waals surface area contributed by atoms with Gasteiger partial charge < -0.3 is 15.6 Å². The Bertz CT molecular complexity index is 139. The summed E-state index contributed by atoms with van der Waals surface area (Å²) < 4.78 is 0. The van der Waals surface area contributed by atoms with E-state index >= 15 is 0 Å². The van der Waals surface area contributed by atoms with Crippen LogP contribution in [0.25, 0.3) is 0 Å². The summed E-state index contributed by atoms with van der Waals surface area (Å²) in [6.45, 7) is 4.42. The van der Waals surface area contributed by atoms with Crippen LogP contribution in [0.4, 0.5) is 0 Å². The number of aliphatic hydroxyl groups excluding tert-OH is 1. The molecule has 3 nitrogen and oxygen atoms in total. The average Bonchev–Trinajstić information content (AvgIpc) is 2.15. The molecule has 0 rings (SSSR count). The molecular weight excluding hydrogens is 166 g/mol. The third kappa shape index (κ3) is 5.01. The Hall–Kier alpha value is -0.410. The van der Waals surface area contributed by atoms with Crippen molar-refractivity contribution in [3.63, 3.8) is 0 Å². The highest BCUT2D eigenvalue weighted by molar-refractivity contribution is 5.53. The average molecular weight is 187 g/mol. The van der Waals surface area contributed by atoms with Crippen molar-refractivity contribution < 1.29 is 9.90 Å². The zero-order chi connectivity index (χ0) is 10.3. The molecule has 0 amide bonds. The maximum absolute atomic E-state index is 10.4. The Labute approximate surface area is 80.3 Å². The van der Waals surface area contributed by atoms with Crippen LogP contribution in [0.15, 0.2) is 0 Å². The largest absolute Gasteiger partial charge is 0.392 e. The standard InChI is InChI=1S/C10H21NO2/c1-8(5-3-4-6-11)10(13)9(2)7-12/h7-10,13H,3-6,11H2,1-2H3. The Kier molecular flexibility index (Phi) is 6.82. The highest BCUT2D eigenvalue weighted by Gasteiger charge is 2.19. The fraction of sp³-hybridized carbons (Fsp3) is 0.900. The normalized spacial score (nSPS) is 17.8. The van der Waals surface area contributed by atoms with Crippen molar-refractivity contribution in [3.8, 4) is 0 Å². The van der Waals surface area contributed by atoms with Gasteiger partial charge in [0, 0.05) is 5.92 Å². The summed E-state index contributed by atoms with van der Waals surface area (Å²) in [6.07, 6.45) is 3.27. The molecule has 3 N–H and O–H groups in total. The Morgan fingerprint density at radius 2 is 2.00 bits per heavy atom. The van der Waals surface area contributed by atoms with Crippen molar-refractivity contribution in [2.75, 3.05) is 6.54 Å². The van der Waals surface area contributed by atoms with Crippen molar-refractivity contribution in [1.82, 2.24) is 0 Å². The van der Waals surface area contributed by atoms with Gasteiger partial charge in [-0.15, -0.1) is 0 Å². The summed E-state index contributed by atoms with van der Waals surface area (Å²) in [5.41, 5.74) is 5.36. The van der Waals surface area contributed by atoms with E-state index in [2.05, 4.69) is 0 Å². The lowest BCUT2D eigenvalue weighted by molar-refractivity contribution is -0.114. The molecule has 3 heteroatoms. The van der Waals surface area contributed by atoms with Gasteiger partial charge in [0.2, 0.25) is 0 Å². The number of carbonyl (C=O) groups excluding carboxylic acids is 1. The Morgan fingerprint density at radius 1 is 1.38 bits per heavy atom. The van der Waals surface area contributed by atoms with Crippen LogP contribution in [0.3, 0.4) is 0 Å². The van der Waals surface area contributed by atoms with Gasteiger partial charge in [-0.3, -0.25) is 0 Å². The summed E-state index contributed by atoms with van der Waals surface area (Å²) >= 11 is 0. The van der Waals surface area contributed by atoms with Crippen molar-refractivity contribution >= 4 is 6.29 Å². The van der Waals surface area contributed by atoms with Crippen molar-refractivity contribution in [2.45, 2.75) is 39.2 Å². The lowest BCUT2D eigenvalue weighted by Gasteiger charge is -2.20. The Morgan fingerprint density at radius 3 is 2.46 bits per heavy atom. The number of aliphatic hydroxyl groups is 1. The van der Waals surface area contributed by atoms with Crippen molar-refractivity contribution in [2.24, 2.45) is 17.6 Å². The van der Waals surface area contributed by atoms with E-state index in [-0.39, 0.29) is 11.8 Å². The number of aldehydes is 1. The highest BCUT2D eigenvalue weighted by atomic mass is 16.3. The Balaban J connectivity index is 3.68. The second-order valence-corrected chi connectivity index (χ2v) is 3.75. The second kappa shape index (κ2) is 7.04. The third-order valence-corrected chi connectivity index (χ3v) is 2.45. The van der Waals surface area contributed by atoms with Gasteiger partial charge in [-0.05, 0) is 25.3 Å². The van der Waals surface area contributed by atoms with Gasteiger partial charge in [-0.1, -0.05) is 20.3 Å². The van der Waals surface area contributed by atoms with Gasteiger partial charge in [0.1, 0.15) is 6.29 Å². The SMILES string of the molecule is CC(C=O)C(O)C(C)CCCCN. The zero-order valence-corrected chi connectivity index (χ0v) is 8.57. The first-order valence-electron chi connectivity index (χ1n) is 4.97. The van der Waals surface area contributed by atoms with Crippen molar-refractivity contribution in [3.05, 3.63) is 0 Å². The molecule has 0 bridgehead atoms. The van der Waals surface area contributed by atoms with Crippen LogP contribution in [-0.2, 0) is 4.79 Å². The van der Waals surface area contributed by atoms with E-state index in [0.29, 0.717) is 6.54 Å². The van der Waals surface area contributed by atoms with Crippen LogP contribution in [0.2, 0.25) is 0 Å². The van der Waals surface area contributed by atoms with E-state index < -0.39 is 6.10 Å². The molecule has 0 radical (unpaired) electrons. The van der Waals surface area contributed by atoms with Crippen LogP contribution in [0, 0.1) is 11.8 Å². The predicted molar refractivity (Wildman–Crippen MR) is 53.3 cm³/mol. The van der Waals surface area contributed by atoms with Crippen LogP contribution in [0.1, 0.15) is 33.1 Å². The van der Waals surface area contributed by atoms with E-state index in [1.807, 2.05) is 6.92 Å². The van der Waals surface area contributed by atoms with Gasteiger partial charge in [0.15, 0.2) is 0 Å². The number of nitrogens with two attached hydrogens (primary N) is 1. The van der Waals surface area contributed by atoms with Gasteiger partial charge in [-0.2, -0.15) is 0 Å². The number of hydrogen-bond acceptors (Lipinski definition) is 3. The minimum atomic E-state index is -0.504. The molecular formula is C10H21NO2. The van der Waals surface area contributed by atoms with E-state index in [4.69, 9.17) is 5.73 Å². The first-order chi connectivity index (χ1) is 6.13. The smallest absolute Gasteiger partial charge is 0.125 e. The topological polar surface area (TPSA) is 63.3 Å². The maximum Gasteiger partial charge on any atom is 0.125 e. The number of rotatable bonds is 7. The third-order valence-electron chi connectivity index (χ3n) is 2.45. The fourth-order valence-electron chi connectivity index (χ4n) is 1.38. The number of carbonyl (C=O) groups is 1. The summed E-state index contributed by atoms with van der Waals surface area (Å²) in [5, 5.41) is 9.62. The zero-order valence-electron chi connectivity index (χ0n) is 8.57. The lowest BCUT2D eigenvalue weighted by Crippen LogP contribution is -2.26. The van der Waals surface area contributed by atoms with Gasteiger partial charge in [-0.25, -0.2) is 0 Å². The van der Waals surface area contributed by atoms with Gasteiger partial charge in [0.25, 0.3) is 0 Å². The predicted octanol–water partition coefficient (Wildman–Crippen LogP) is 0.947. The molecule has 0 aromatic rings. The molecule has 0 spiro atoms. The molecule has 0 saturated heterocycles. The van der Waals surface area contributed by atoms with Crippen LogP contribution in [-0.4, -0.2) is 24.0 Å². The first kappa shape index (κ1) is 12.6. The molecule has 13 heavy (non-hydrogen) atoms. The fourth-order valence-corrected chi connectivity index (χ4v) is 1.38. The number of unbranched alkanes of at least 4 members (excludes halogenated alkanes) is 1. The molecule has 0 saturated carbocycles. The molecule has 78 valence electrons. The van der Waals surface area contributed by atoms with E-state index in [1.54, 1.807) is 6.92 Å². The van der Waals surface area contributed by atoms with Gasteiger partial charge in [0.05, 0.1) is 6.10 Å². The number of hydrogen-bond donors (Lipinski definition) is 2. The van der Waals surface area contributed by atoms with Crippen LogP contribution >= 0.6 is 0 Å². The van der Waals surface area contributed by atoms with E-state index in [9.17, 15) is 9.90 Å². The highest BCUT2D eigenvalue weighted by Crippen LogP contribution is 2.17. The summed E-state index contributed by atoms with van der Waals surface area (Å²) in [7, 11) is 0. The minimum absolute atomic E-state index is 0.187. The maximum atomic E-state index is 10.4.